The highest BCUT2D eigenvalue weighted by Crippen LogP contribution is 2.23. The van der Waals surface area contributed by atoms with Crippen LogP contribution in [0.3, 0.4) is 0 Å². The van der Waals surface area contributed by atoms with Gasteiger partial charge in [-0.25, -0.2) is 9.59 Å². The number of urea groups is 1. The van der Waals surface area contributed by atoms with Crippen molar-refractivity contribution in [3.05, 3.63) is 28.8 Å². The van der Waals surface area contributed by atoms with E-state index in [0.29, 0.717) is 12.3 Å². The molecule has 0 saturated carbocycles. The van der Waals surface area contributed by atoms with E-state index in [4.69, 9.17) is 21.4 Å². The highest BCUT2D eigenvalue weighted by Gasteiger charge is 2.25. The summed E-state index contributed by atoms with van der Waals surface area (Å²) in [4.78, 5) is 22.6. The molecule has 0 radical (unpaired) electrons. The van der Waals surface area contributed by atoms with Crippen molar-refractivity contribution in [1.82, 2.24) is 5.32 Å². The third-order valence-corrected chi connectivity index (χ3v) is 3.47. The molecule has 0 bridgehead atoms. The first-order chi connectivity index (χ1) is 9.47. The predicted molar refractivity (Wildman–Crippen MR) is 74.4 cm³/mol. The summed E-state index contributed by atoms with van der Waals surface area (Å²) in [6, 6.07) is 3.70. The average Bonchev–Trinajstić information content (AvgIpc) is 2.77. The molecule has 1 aromatic rings. The van der Waals surface area contributed by atoms with Crippen molar-refractivity contribution in [1.29, 1.82) is 0 Å². The standard InChI is InChI=1S/C13H15ClN2O4/c1-7-10(4-5-20-7)15-13(19)16-11-3-2-8(12(17)18)6-9(11)14/h2-3,6-7,10H,4-5H2,1H3,(H,17,18)(H2,15,16,19). The van der Waals surface area contributed by atoms with Crippen LogP contribution in [-0.2, 0) is 4.74 Å². The van der Waals surface area contributed by atoms with Crippen LogP contribution in [0.15, 0.2) is 18.2 Å². The highest BCUT2D eigenvalue weighted by molar-refractivity contribution is 6.34. The molecule has 6 nitrogen and oxygen atoms in total. The molecule has 0 aliphatic carbocycles. The smallest absolute Gasteiger partial charge is 0.335 e. The Morgan fingerprint density at radius 2 is 2.20 bits per heavy atom. The number of nitrogens with one attached hydrogen (secondary N) is 2. The molecule has 108 valence electrons. The van der Waals surface area contributed by atoms with E-state index in [0.717, 1.165) is 6.42 Å². The predicted octanol–water partition coefficient (Wildman–Crippen LogP) is 2.34. The van der Waals surface area contributed by atoms with Crippen molar-refractivity contribution in [3.63, 3.8) is 0 Å². The van der Waals surface area contributed by atoms with E-state index in [1.807, 2.05) is 6.92 Å². The van der Waals surface area contributed by atoms with Gasteiger partial charge in [-0.2, -0.15) is 0 Å². The number of carboxylic acids is 1. The van der Waals surface area contributed by atoms with E-state index < -0.39 is 12.0 Å². The Morgan fingerprint density at radius 3 is 2.75 bits per heavy atom. The molecule has 20 heavy (non-hydrogen) atoms. The Hall–Kier alpha value is -1.79. The summed E-state index contributed by atoms with van der Waals surface area (Å²) in [5.41, 5.74) is 0.430. The largest absolute Gasteiger partial charge is 0.478 e. The molecule has 1 aliphatic rings. The maximum atomic E-state index is 11.8. The lowest BCUT2D eigenvalue weighted by Crippen LogP contribution is -2.41. The molecule has 2 unspecified atom stereocenters. The lowest BCUT2D eigenvalue weighted by molar-refractivity contribution is 0.0697. The molecule has 1 heterocycles. The van der Waals surface area contributed by atoms with Gasteiger partial charge in [0.15, 0.2) is 0 Å². The van der Waals surface area contributed by atoms with Crippen LogP contribution in [0, 0.1) is 0 Å². The van der Waals surface area contributed by atoms with Gasteiger partial charge in [-0.15, -0.1) is 0 Å². The van der Waals surface area contributed by atoms with Crippen LogP contribution in [0.4, 0.5) is 10.5 Å². The van der Waals surface area contributed by atoms with Crippen LogP contribution < -0.4 is 10.6 Å². The van der Waals surface area contributed by atoms with Crippen molar-refractivity contribution in [2.45, 2.75) is 25.5 Å². The summed E-state index contributed by atoms with van der Waals surface area (Å²) in [6.07, 6.45) is 0.742. The van der Waals surface area contributed by atoms with Crippen LogP contribution in [-0.4, -0.2) is 35.9 Å². The van der Waals surface area contributed by atoms with E-state index in [1.54, 1.807) is 0 Å². The summed E-state index contributed by atoms with van der Waals surface area (Å²) in [6.45, 7) is 2.52. The molecular weight excluding hydrogens is 284 g/mol. The number of benzene rings is 1. The van der Waals surface area contributed by atoms with Crippen molar-refractivity contribution >= 4 is 29.3 Å². The van der Waals surface area contributed by atoms with Crippen LogP contribution in [0.2, 0.25) is 5.02 Å². The molecule has 1 fully saturated rings. The second-order valence-corrected chi connectivity index (χ2v) is 4.98. The third-order valence-electron chi connectivity index (χ3n) is 3.16. The van der Waals surface area contributed by atoms with Crippen LogP contribution in [0.1, 0.15) is 23.7 Å². The molecule has 1 aliphatic heterocycles. The molecule has 0 aromatic heterocycles. The van der Waals surface area contributed by atoms with Gasteiger partial charge in [0, 0.05) is 6.61 Å². The zero-order chi connectivity index (χ0) is 14.7. The summed E-state index contributed by atoms with van der Waals surface area (Å²) in [5, 5.41) is 14.4. The number of carboxylic acid groups (broad SMARTS) is 1. The fourth-order valence-electron chi connectivity index (χ4n) is 2.00. The number of rotatable bonds is 3. The number of hydrogen-bond acceptors (Lipinski definition) is 3. The number of carbonyl (C=O) groups is 2. The number of halogens is 1. The van der Waals surface area contributed by atoms with Gasteiger partial charge in [0.1, 0.15) is 0 Å². The Morgan fingerprint density at radius 1 is 1.45 bits per heavy atom. The Balaban J connectivity index is 1.99. The lowest BCUT2D eigenvalue weighted by Gasteiger charge is -2.17. The van der Waals surface area contributed by atoms with E-state index >= 15 is 0 Å². The number of aromatic carboxylic acids is 1. The van der Waals surface area contributed by atoms with Crippen molar-refractivity contribution in [2.24, 2.45) is 0 Å². The van der Waals surface area contributed by atoms with Crippen LogP contribution in [0.25, 0.3) is 0 Å². The molecule has 2 atom stereocenters. The quantitative estimate of drug-likeness (QED) is 0.799. The van der Waals surface area contributed by atoms with Gasteiger partial charge in [0.25, 0.3) is 0 Å². The lowest BCUT2D eigenvalue weighted by atomic mass is 10.1. The van der Waals surface area contributed by atoms with Gasteiger partial charge in [0.05, 0.1) is 28.4 Å². The molecular formula is C13H15ClN2O4. The SMILES string of the molecule is CC1OCCC1NC(=O)Nc1ccc(C(=O)O)cc1Cl. The van der Waals surface area contributed by atoms with Crippen molar-refractivity contribution in [3.8, 4) is 0 Å². The van der Waals surface area contributed by atoms with E-state index in [2.05, 4.69) is 10.6 Å². The Labute approximate surface area is 121 Å². The highest BCUT2D eigenvalue weighted by atomic mass is 35.5. The summed E-state index contributed by atoms with van der Waals surface area (Å²) >= 11 is 5.93. The van der Waals surface area contributed by atoms with Crippen LogP contribution in [0.5, 0.6) is 0 Å². The minimum absolute atomic E-state index is 0.0226. The van der Waals surface area contributed by atoms with Crippen LogP contribution >= 0.6 is 11.6 Å². The first kappa shape index (κ1) is 14.6. The number of ether oxygens (including phenoxy) is 1. The fourth-order valence-corrected chi connectivity index (χ4v) is 2.23. The fraction of sp³-hybridized carbons (Fsp3) is 0.385. The zero-order valence-electron chi connectivity index (χ0n) is 10.9. The van der Waals surface area contributed by atoms with Gasteiger partial charge in [-0.3, -0.25) is 0 Å². The monoisotopic (exact) mass is 298 g/mol. The molecule has 1 aromatic carbocycles. The molecule has 0 spiro atoms. The van der Waals surface area contributed by atoms with Crippen molar-refractivity contribution < 1.29 is 19.4 Å². The first-order valence-electron chi connectivity index (χ1n) is 6.19. The molecule has 3 N–H and O–H groups in total. The van der Waals surface area contributed by atoms with E-state index in [1.165, 1.54) is 18.2 Å². The van der Waals surface area contributed by atoms with Gasteiger partial charge in [-0.05, 0) is 31.5 Å². The normalized spacial score (nSPS) is 21.5. The number of anilines is 1. The average molecular weight is 299 g/mol. The number of carbonyl (C=O) groups excluding carboxylic acids is 1. The Kier molecular flexibility index (Phi) is 4.46. The van der Waals surface area contributed by atoms with E-state index in [-0.39, 0.29) is 22.7 Å². The molecule has 2 amide bonds. The number of amides is 2. The van der Waals surface area contributed by atoms with Gasteiger partial charge >= 0.3 is 12.0 Å². The maximum Gasteiger partial charge on any atom is 0.335 e. The zero-order valence-corrected chi connectivity index (χ0v) is 11.6. The third kappa shape index (κ3) is 3.40. The summed E-state index contributed by atoms with van der Waals surface area (Å²) < 4.78 is 5.35. The second-order valence-electron chi connectivity index (χ2n) is 4.57. The Bertz CT molecular complexity index is 535. The summed E-state index contributed by atoms with van der Waals surface area (Å²) in [5.74, 6) is -1.07. The summed E-state index contributed by atoms with van der Waals surface area (Å²) in [7, 11) is 0. The second kappa shape index (κ2) is 6.11. The molecule has 7 heteroatoms. The maximum absolute atomic E-state index is 11.8. The van der Waals surface area contributed by atoms with E-state index in [9.17, 15) is 9.59 Å². The van der Waals surface area contributed by atoms with Gasteiger partial charge < -0.3 is 20.5 Å². The molecule has 2 rings (SSSR count). The van der Waals surface area contributed by atoms with Gasteiger partial charge in [-0.1, -0.05) is 11.6 Å². The molecule has 1 saturated heterocycles. The van der Waals surface area contributed by atoms with Gasteiger partial charge in [0.2, 0.25) is 0 Å². The minimum Gasteiger partial charge on any atom is -0.478 e. The first-order valence-corrected chi connectivity index (χ1v) is 6.57. The van der Waals surface area contributed by atoms with Crippen molar-refractivity contribution in [2.75, 3.05) is 11.9 Å². The minimum atomic E-state index is -1.07. The number of hydrogen-bond donors (Lipinski definition) is 3. The topological polar surface area (TPSA) is 87.7 Å².